The minimum absolute atomic E-state index is 0.00385. The number of amides is 1. The van der Waals surface area contributed by atoms with Gasteiger partial charge < -0.3 is 21.1 Å². The van der Waals surface area contributed by atoms with Gasteiger partial charge in [0.15, 0.2) is 15.8 Å². The molecule has 0 aliphatic heterocycles. The van der Waals surface area contributed by atoms with Crippen LogP contribution in [0.3, 0.4) is 0 Å². The zero-order chi connectivity index (χ0) is 21.1. The smallest absolute Gasteiger partial charge is 0.280 e. The summed E-state index contributed by atoms with van der Waals surface area (Å²) in [5.41, 5.74) is 12.5. The zero-order valence-corrected chi connectivity index (χ0v) is 17.1. The summed E-state index contributed by atoms with van der Waals surface area (Å²) >= 11 is 0. The van der Waals surface area contributed by atoms with Gasteiger partial charge in [-0.25, -0.2) is 8.42 Å². The Morgan fingerprint density at radius 2 is 1.89 bits per heavy atom. The van der Waals surface area contributed by atoms with Crippen molar-refractivity contribution in [3.05, 3.63) is 47.5 Å². The predicted molar refractivity (Wildman–Crippen MR) is 110 cm³/mol. The van der Waals surface area contributed by atoms with E-state index < -0.39 is 15.7 Å². The average Bonchev–Trinajstić information content (AvgIpc) is 2.65. The molecule has 0 saturated carbocycles. The SMILES string of the molecule is CCc1cc(N(C)c2cccc(OC)c2)c(S(C)(=O)=O)cc1C(=O)N=C(N)N. The van der Waals surface area contributed by atoms with E-state index in [1.807, 2.05) is 19.1 Å². The van der Waals surface area contributed by atoms with E-state index in [0.717, 1.165) is 11.9 Å². The van der Waals surface area contributed by atoms with Gasteiger partial charge in [-0.1, -0.05) is 13.0 Å². The first-order valence-electron chi connectivity index (χ1n) is 8.47. The number of anilines is 2. The molecule has 0 aromatic heterocycles. The van der Waals surface area contributed by atoms with Crippen molar-refractivity contribution in [2.45, 2.75) is 18.2 Å². The minimum atomic E-state index is -3.65. The van der Waals surface area contributed by atoms with Crippen molar-refractivity contribution in [1.29, 1.82) is 0 Å². The van der Waals surface area contributed by atoms with Gasteiger partial charge in [-0.15, -0.1) is 0 Å². The van der Waals surface area contributed by atoms with Crippen LogP contribution in [-0.4, -0.2) is 40.7 Å². The predicted octanol–water partition coefficient (Wildman–Crippen LogP) is 1.84. The monoisotopic (exact) mass is 404 g/mol. The number of nitrogens with two attached hydrogens (primary N) is 2. The summed E-state index contributed by atoms with van der Waals surface area (Å²) in [4.78, 5) is 17.7. The number of ether oxygens (including phenoxy) is 1. The van der Waals surface area contributed by atoms with E-state index in [0.29, 0.717) is 23.4 Å². The van der Waals surface area contributed by atoms with Crippen molar-refractivity contribution in [3.8, 4) is 5.75 Å². The fraction of sp³-hybridized carbons (Fsp3) is 0.263. The molecular formula is C19H24N4O4S. The largest absolute Gasteiger partial charge is 0.497 e. The molecule has 0 spiro atoms. The number of aryl methyl sites for hydroxylation is 1. The van der Waals surface area contributed by atoms with E-state index in [9.17, 15) is 13.2 Å². The summed E-state index contributed by atoms with van der Waals surface area (Å²) in [6, 6.07) is 10.2. The molecule has 0 atom stereocenters. The van der Waals surface area contributed by atoms with Gasteiger partial charge in [-0.05, 0) is 36.2 Å². The first kappa shape index (κ1) is 21.2. The molecule has 150 valence electrons. The lowest BCUT2D eigenvalue weighted by atomic mass is 10.0. The van der Waals surface area contributed by atoms with Crippen LogP contribution >= 0.6 is 0 Å². The molecule has 0 saturated heterocycles. The molecule has 9 heteroatoms. The Morgan fingerprint density at radius 3 is 2.43 bits per heavy atom. The van der Waals surface area contributed by atoms with Crippen LogP contribution in [0.2, 0.25) is 0 Å². The zero-order valence-electron chi connectivity index (χ0n) is 16.3. The van der Waals surface area contributed by atoms with Gasteiger partial charge in [0.2, 0.25) is 0 Å². The topological polar surface area (TPSA) is 128 Å². The number of nitrogens with zero attached hydrogens (tertiary/aromatic N) is 2. The normalized spacial score (nSPS) is 11.0. The quantitative estimate of drug-likeness (QED) is 0.555. The fourth-order valence-electron chi connectivity index (χ4n) is 2.80. The van der Waals surface area contributed by atoms with Crippen molar-refractivity contribution >= 4 is 33.1 Å². The molecule has 0 unspecified atom stereocenters. The van der Waals surface area contributed by atoms with E-state index in [4.69, 9.17) is 16.2 Å². The Bertz CT molecular complexity index is 1030. The second-order valence-corrected chi connectivity index (χ2v) is 8.19. The Labute approximate surface area is 164 Å². The van der Waals surface area contributed by atoms with Gasteiger partial charge in [0.05, 0.1) is 17.7 Å². The van der Waals surface area contributed by atoms with Crippen LogP contribution in [0.15, 0.2) is 46.3 Å². The first-order chi connectivity index (χ1) is 13.1. The van der Waals surface area contributed by atoms with Crippen LogP contribution in [0.1, 0.15) is 22.8 Å². The molecule has 0 aliphatic rings. The highest BCUT2D eigenvalue weighted by molar-refractivity contribution is 7.90. The molecule has 1 amide bonds. The molecule has 2 aromatic carbocycles. The number of methoxy groups -OCH3 is 1. The molecule has 8 nitrogen and oxygen atoms in total. The highest BCUT2D eigenvalue weighted by atomic mass is 32.2. The van der Waals surface area contributed by atoms with Crippen LogP contribution in [0.25, 0.3) is 0 Å². The highest BCUT2D eigenvalue weighted by Gasteiger charge is 2.23. The molecule has 0 aliphatic carbocycles. The molecule has 0 fully saturated rings. The maximum atomic E-state index is 12.5. The molecule has 0 radical (unpaired) electrons. The molecule has 2 aromatic rings. The van der Waals surface area contributed by atoms with E-state index in [-0.39, 0.29) is 16.4 Å². The average molecular weight is 404 g/mol. The lowest BCUT2D eigenvalue weighted by Crippen LogP contribution is -2.24. The maximum Gasteiger partial charge on any atom is 0.280 e. The Kier molecular flexibility index (Phi) is 6.30. The maximum absolute atomic E-state index is 12.5. The number of aliphatic imine (C=N–C) groups is 1. The number of hydrogen-bond donors (Lipinski definition) is 2. The number of benzene rings is 2. The number of hydrogen-bond acceptors (Lipinski definition) is 5. The molecule has 0 bridgehead atoms. The van der Waals surface area contributed by atoms with E-state index in [1.54, 1.807) is 37.3 Å². The lowest BCUT2D eigenvalue weighted by molar-refractivity contribution is 0.100. The van der Waals surface area contributed by atoms with Gasteiger partial charge >= 0.3 is 0 Å². The van der Waals surface area contributed by atoms with Gasteiger partial charge in [-0.3, -0.25) is 4.79 Å². The Hall–Kier alpha value is -3.07. The third kappa shape index (κ3) is 4.61. The number of guanidine groups is 1. The number of carbonyl (C=O) groups is 1. The van der Waals surface area contributed by atoms with E-state index in [1.165, 1.54) is 6.07 Å². The van der Waals surface area contributed by atoms with E-state index >= 15 is 0 Å². The lowest BCUT2D eigenvalue weighted by Gasteiger charge is -2.24. The Balaban J connectivity index is 2.72. The van der Waals surface area contributed by atoms with Crippen molar-refractivity contribution in [2.24, 2.45) is 16.5 Å². The first-order valence-corrected chi connectivity index (χ1v) is 10.4. The summed E-state index contributed by atoms with van der Waals surface area (Å²) in [5.74, 6) is -0.427. The van der Waals surface area contributed by atoms with E-state index in [2.05, 4.69) is 4.99 Å². The number of rotatable bonds is 6. The van der Waals surface area contributed by atoms with Crippen LogP contribution in [0.5, 0.6) is 5.75 Å². The third-order valence-electron chi connectivity index (χ3n) is 4.23. The summed E-state index contributed by atoms with van der Waals surface area (Å²) in [5, 5.41) is 0. The summed E-state index contributed by atoms with van der Waals surface area (Å²) in [6.45, 7) is 1.86. The number of carbonyl (C=O) groups excluding carboxylic acids is 1. The fourth-order valence-corrected chi connectivity index (χ4v) is 3.71. The molecule has 4 N–H and O–H groups in total. The summed E-state index contributed by atoms with van der Waals surface area (Å²) in [7, 11) is -0.346. The minimum Gasteiger partial charge on any atom is -0.497 e. The van der Waals surface area contributed by atoms with Gasteiger partial charge in [0.25, 0.3) is 5.91 Å². The van der Waals surface area contributed by atoms with Crippen molar-refractivity contribution in [3.63, 3.8) is 0 Å². The number of sulfone groups is 1. The summed E-state index contributed by atoms with van der Waals surface area (Å²) < 4.78 is 30.2. The molecule has 0 heterocycles. The third-order valence-corrected chi connectivity index (χ3v) is 5.35. The van der Waals surface area contributed by atoms with Crippen molar-refractivity contribution in [1.82, 2.24) is 0 Å². The van der Waals surface area contributed by atoms with Crippen LogP contribution in [-0.2, 0) is 16.3 Å². The molecular weight excluding hydrogens is 380 g/mol. The van der Waals surface area contributed by atoms with Crippen LogP contribution < -0.4 is 21.1 Å². The van der Waals surface area contributed by atoms with Gasteiger partial charge in [0.1, 0.15) is 5.75 Å². The van der Waals surface area contributed by atoms with Gasteiger partial charge in [-0.2, -0.15) is 4.99 Å². The Morgan fingerprint density at radius 1 is 1.21 bits per heavy atom. The molecule has 2 rings (SSSR count). The second kappa shape index (κ2) is 8.30. The second-order valence-electron chi connectivity index (χ2n) is 6.21. The molecule has 28 heavy (non-hydrogen) atoms. The standard InChI is InChI=1S/C19H24N4O4S/c1-5-12-9-16(23(2)13-7-6-8-14(10-13)27-3)17(28(4,25)26)11-15(12)18(24)22-19(20)21/h6-11H,5H2,1-4H3,(H4,20,21,22,24). The van der Waals surface area contributed by atoms with Crippen molar-refractivity contribution < 1.29 is 17.9 Å². The van der Waals surface area contributed by atoms with Gasteiger partial charge in [0, 0.05) is 30.6 Å². The van der Waals surface area contributed by atoms with Crippen molar-refractivity contribution in [2.75, 3.05) is 25.3 Å². The van der Waals surface area contributed by atoms with Crippen LogP contribution in [0, 0.1) is 0 Å². The summed E-state index contributed by atoms with van der Waals surface area (Å²) in [6.07, 6.45) is 1.58. The highest BCUT2D eigenvalue weighted by Crippen LogP contribution is 2.34. The van der Waals surface area contributed by atoms with Crippen LogP contribution in [0.4, 0.5) is 11.4 Å².